The van der Waals surface area contributed by atoms with Crippen LogP contribution in [0.1, 0.15) is 0 Å². The molecule has 8 nitrogen and oxygen atoms in total. The van der Waals surface area contributed by atoms with E-state index in [2.05, 4.69) is 15.5 Å². The molecule has 2 aromatic carbocycles. The number of methoxy groups -OCH3 is 2. The second-order valence-electron chi connectivity index (χ2n) is 5.88. The molecule has 0 aliphatic carbocycles. The Kier molecular flexibility index (Phi) is 6.00. The van der Waals surface area contributed by atoms with Crippen molar-refractivity contribution in [3.8, 4) is 22.9 Å². The zero-order valence-electron chi connectivity index (χ0n) is 15.6. The highest BCUT2D eigenvalue weighted by molar-refractivity contribution is 6.31. The zero-order chi connectivity index (χ0) is 20.1. The quantitative estimate of drug-likeness (QED) is 0.647. The number of carbonyl (C=O) groups excluding carboxylic acids is 1. The van der Waals surface area contributed by atoms with Crippen molar-refractivity contribution in [1.29, 1.82) is 0 Å². The second-order valence-corrected chi connectivity index (χ2v) is 6.31. The summed E-state index contributed by atoms with van der Waals surface area (Å²) in [5, 5.41) is 7.21. The number of likely N-dealkylation sites (N-methyl/N-ethyl adjacent to an activating group) is 1. The summed E-state index contributed by atoms with van der Waals surface area (Å²) in [6.07, 6.45) is 0. The second kappa shape index (κ2) is 8.62. The molecule has 0 saturated heterocycles. The SMILES string of the molecule is COc1ccc(-c2noc(N(C)CC(=O)Nc3cc(Cl)ccc3OC)n2)cc1. The number of hydrogen-bond acceptors (Lipinski definition) is 7. The minimum Gasteiger partial charge on any atom is -0.497 e. The Morgan fingerprint density at radius 3 is 2.61 bits per heavy atom. The van der Waals surface area contributed by atoms with Crippen LogP contribution in [0, 0.1) is 0 Å². The number of rotatable bonds is 7. The van der Waals surface area contributed by atoms with E-state index in [4.69, 9.17) is 25.6 Å². The topological polar surface area (TPSA) is 89.7 Å². The van der Waals surface area contributed by atoms with E-state index in [9.17, 15) is 4.79 Å². The average molecular weight is 403 g/mol. The molecule has 3 aromatic rings. The monoisotopic (exact) mass is 402 g/mol. The van der Waals surface area contributed by atoms with Crippen LogP contribution in [0.25, 0.3) is 11.4 Å². The maximum Gasteiger partial charge on any atom is 0.324 e. The Morgan fingerprint density at radius 1 is 1.18 bits per heavy atom. The minimum atomic E-state index is -0.285. The summed E-state index contributed by atoms with van der Waals surface area (Å²) in [6, 6.07) is 12.5. The molecule has 0 fully saturated rings. The van der Waals surface area contributed by atoms with Gasteiger partial charge >= 0.3 is 6.01 Å². The van der Waals surface area contributed by atoms with Gasteiger partial charge in [-0.25, -0.2) is 0 Å². The van der Waals surface area contributed by atoms with Gasteiger partial charge in [0, 0.05) is 17.6 Å². The molecule has 3 rings (SSSR count). The number of nitrogens with one attached hydrogen (secondary N) is 1. The van der Waals surface area contributed by atoms with Crippen molar-refractivity contribution >= 4 is 29.2 Å². The van der Waals surface area contributed by atoms with Crippen molar-refractivity contribution in [2.45, 2.75) is 0 Å². The number of amides is 1. The smallest absolute Gasteiger partial charge is 0.324 e. The summed E-state index contributed by atoms with van der Waals surface area (Å²) < 4.78 is 15.6. The summed E-state index contributed by atoms with van der Waals surface area (Å²) >= 11 is 5.98. The largest absolute Gasteiger partial charge is 0.497 e. The molecular weight excluding hydrogens is 384 g/mol. The number of hydrogen-bond donors (Lipinski definition) is 1. The van der Waals surface area contributed by atoms with Crippen molar-refractivity contribution in [1.82, 2.24) is 10.1 Å². The first-order valence-electron chi connectivity index (χ1n) is 8.33. The van der Waals surface area contributed by atoms with Gasteiger partial charge in [0.2, 0.25) is 11.7 Å². The number of halogens is 1. The lowest BCUT2D eigenvalue weighted by molar-refractivity contribution is -0.115. The molecule has 1 heterocycles. The highest BCUT2D eigenvalue weighted by atomic mass is 35.5. The van der Waals surface area contributed by atoms with Crippen LogP contribution >= 0.6 is 11.6 Å². The van der Waals surface area contributed by atoms with Crippen LogP contribution < -0.4 is 19.7 Å². The molecular formula is C19H19ClN4O4. The number of carbonyl (C=O) groups is 1. The van der Waals surface area contributed by atoms with Gasteiger partial charge < -0.3 is 24.2 Å². The lowest BCUT2D eigenvalue weighted by Crippen LogP contribution is -2.30. The van der Waals surface area contributed by atoms with Gasteiger partial charge in [-0.2, -0.15) is 4.98 Å². The van der Waals surface area contributed by atoms with Crippen LogP contribution in [0.3, 0.4) is 0 Å². The van der Waals surface area contributed by atoms with Crippen LogP contribution in [0.4, 0.5) is 11.7 Å². The first-order chi connectivity index (χ1) is 13.5. The Labute approximate surface area is 167 Å². The number of nitrogens with zero attached hydrogens (tertiary/aromatic N) is 3. The van der Waals surface area contributed by atoms with Crippen molar-refractivity contribution in [3.05, 3.63) is 47.5 Å². The average Bonchev–Trinajstić information content (AvgIpc) is 3.18. The van der Waals surface area contributed by atoms with Crippen molar-refractivity contribution in [2.75, 3.05) is 38.0 Å². The fourth-order valence-electron chi connectivity index (χ4n) is 2.48. The van der Waals surface area contributed by atoms with E-state index in [1.54, 1.807) is 49.4 Å². The van der Waals surface area contributed by atoms with Crippen LogP contribution in [-0.4, -0.2) is 43.9 Å². The summed E-state index contributed by atoms with van der Waals surface area (Å²) in [5.41, 5.74) is 1.26. The van der Waals surface area contributed by atoms with Gasteiger partial charge in [0.15, 0.2) is 0 Å². The molecule has 0 unspecified atom stereocenters. The van der Waals surface area contributed by atoms with Gasteiger partial charge in [-0.1, -0.05) is 16.8 Å². The molecule has 1 N–H and O–H groups in total. The van der Waals surface area contributed by atoms with E-state index < -0.39 is 0 Å². The van der Waals surface area contributed by atoms with Gasteiger partial charge in [0.1, 0.15) is 18.0 Å². The molecule has 146 valence electrons. The van der Waals surface area contributed by atoms with Crippen LogP contribution in [0.5, 0.6) is 11.5 Å². The Hall–Kier alpha value is -3.26. The normalized spacial score (nSPS) is 10.4. The van der Waals surface area contributed by atoms with Crippen molar-refractivity contribution in [2.24, 2.45) is 0 Å². The third-order valence-electron chi connectivity index (χ3n) is 3.91. The summed E-state index contributed by atoms with van der Waals surface area (Å²) in [6.45, 7) is -0.0000858. The maximum atomic E-state index is 12.4. The Bertz CT molecular complexity index is 959. The van der Waals surface area contributed by atoms with E-state index >= 15 is 0 Å². The fourth-order valence-corrected chi connectivity index (χ4v) is 2.65. The molecule has 0 bridgehead atoms. The number of aromatic nitrogens is 2. The Balaban J connectivity index is 1.66. The first-order valence-corrected chi connectivity index (χ1v) is 8.70. The van der Waals surface area contributed by atoms with E-state index in [0.29, 0.717) is 22.3 Å². The molecule has 0 atom stereocenters. The maximum absolute atomic E-state index is 12.4. The molecule has 28 heavy (non-hydrogen) atoms. The predicted octanol–water partition coefficient (Wildman–Crippen LogP) is 3.48. The highest BCUT2D eigenvalue weighted by Gasteiger charge is 2.16. The Morgan fingerprint density at radius 2 is 1.93 bits per heavy atom. The molecule has 9 heteroatoms. The van der Waals surface area contributed by atoms with E-state index in [1.807, 2.05) is 12.1 Å². The minimum absolute atomic E-state index is 0.0000858. The molecule has 0 radical (unpaired) electrons. The summed E-state index contributed by atoms with van der Waals surface area (Å²) in [5.74, 6) is 1.38. The molecule has 1 aromatic heterocycles. The van der Waals surface area contributed by atoms with Gasteiger partial charge in [-0.05, 0) is 42.5 Å². The van der Waals surface area contributed by atoms with Crippen LogP contribution in [0.15, 0.2) is 47.0 Å². The van der Waals surface area contributed by atoms with Crippen LogP contribution in [-0.2, 0) is 4.79 Å². The van der Waals surface area contributed by atoms with Crippen molar-refractivity contribution < 1.29 is 18.8 Å². The first kappa shape index (κ1) is 19.5. The van der Waals surface area contributed by atoms with E-state index in [-0.39, 0.29) is 18.5 Å². The zero-order valence-corrected chi connectivity index (χ0v) is 16.4. The standard InChI is InChI=1S/C19H19ClN4O4/c1-24(11-17(25)21-15-10-13(20)6-9-16(15)27-3)19-22-18(23-28-19)12-4-7-14(26-2)8-5-12/h4-10H,11H2,1-3H3,(H,21,25). The molecule has 0 saturated carbocycles. The van der Waals surface area contributed by atoms with E-state index in [0.717, 1.165) is 11.3 Å². The molecule has 0 spiro atoms. The third-order valence-corrected chi connectivity index (χ3v) is 4.14. The molecule has 0 aliphatic rings. The molecule has 1 amide bonds. The summed E-state index contributed by atoms with van der Waals surface area (Å²) in [7, 11) is 4.80. The van der Waals surface area contributed by atoms with E-state index in [1.165, 1.54) is 7.11 Å². The lowest BCUT2D eigenvalue weighted by atomic mass is 10.2. The summed E-state index contributed by atoms with van der Waals surface area (Å²) in [4.78, 5) is 18.2. The van der Waals surface area contributed by atoms with Gasteiger partial charge in [0.25, 0.3) is 0 Å². The van der Waals surface area contributed by atoms with Crippen molar-refractivity contribution in [3.63, 3.8) is 0 Å². The third kappa shape index (κ3) is 4.52. The van der Waals surface area contributed by atoms with Crippen LogP contribution in [0.2, 0.25) is 5.02 Å². The van der Waals surface area contributed by atoms with Gasteiger partial charge in [-0.3, -0.25) is 4.79 Å². The number of ether oxygens (including phenoxy) is 2. The van der Waals surface area contributed by atoms with Gasteiger partial charge in [0.05, 0.1) is 19.9 Å². The lowest BCUT2D eigenvalue weighted by Gasteiger charge is -2.15. The van der Waals surface area contributed by atoms with Gasteiger partial charge in [-0.15, -0.1) is 0 Å². The number of benzene rings is 2. The number of anilines is 2. The molecule has 0 aliphatic heterocycles. The fraction of sp³-hybridized carbons (Fsp3) is 0.211. The predicted molar refractivity (Wildman–Crippen MR) is 106 cm³/mol. The highest BCUT2D eigenvalue weighted by Crippen LogP contribution is 2.28.